The first-order valence-corrected chi connectivity index (χ1v) is 17.8. The van der Waals surface area contributed by atoms with Crippen LogP contribution in [0.25, 0.3) is 11.1 Å². The first-order chi connectivity index (χ1) is 21.2. The minimum Gasteiger partial charge on any atom is -1.00 e. The Morgan fingerprint density at radius 2 is 1.29 bits per heavy atom. The van der Waals surface area contributed by atoms with E-state index in [0.29, 0.717) is 11.3 Å². The van der Waals surface area contributed by atoms with Gasteiger partial charge in [0.25, 0.3) is 0 Å². The van der Waals surface area contributed by atoms with Crippen molar-refractivity contribution in [2.24, 2.45) is 11.3 Å². The SMILES string of the molecule is CC(C)(C)c1c[c-]c2c(c1)-c1cc(C(C)(C)C)ccc1C2.CCC1=[C-]C(CC)C=C1C(C)(C)C.FC(F)(F)c1ccc([CH]=[Zr+2])cc1.[Cl-].[Cl-]. The summed E-state index contributed by atoms with van der Waals surface area (Å²) >= 11 is 1.18. The van der Waals surface area contributed by atoms with Gasteiger partial charge in [0.2, 0.25) is 0 Å². The van der Waals surface area contributed by atoms with E-state index >= 15 is 0 Å². The van der Waals surface area contributed by atoms with Gasteiger partial charge in [0, 0.05) is 0 Å². The Hall–Kier alpha value is -1.74. The average Bonchev–Trinajstić information content (AvgIpc) is 3.57. The van der Waals surface area contributed by atoms with E-state index in [0.717, 1.165) is 30.5 Å². The Morgan fingerprint density at radius 3 is 1.73 bits per heavy atom. The number of fused-ring (bicyclic) bond motifs is 3. The molecule has 3 aromatic carbocycles. The molecule has 48 heavy (non-hydrogen) atoms. The molecule has 0 radical (unpaired) electrons. The molecule has 2 aliphatic rings. The van der Waals surface area contributed by atoms with Crippen LogP contribution in [0.5, 0.6) is 0 Å². The van der Waals surface area contributed by atoms with Crippen LogP contribution >= 0.6 is 0 Å². The fraction of sp³-hybridized carbons (Fsp3) is 0.452. The van der Waals surface area contributed by atoms with Crippen LogP contribution in [0.3, 0.4) is 0 Å². The van der Waals surface area contributed by atoms with Gasteiger partial charge in [-0.1, -0.05) is 135 Å². The van der Waals surface area contributed by atoms with Gasteiger partial charge >= 0.3 is 82.7 Å². The Balaban J connectivity index is 0.000000374. The van der Waals surface area contributed by atoms with Crippen LogP contribution in [0.2, 0.25) is 0 Å². The number of allylic oxidation sites excluding steroid dienone is 4. The van der Waals surface area contributed by atoms with Gasteiger partial charge in [0.05, 0.1) is 0 Å². The van der Waals surface area contributed by atoms with E-state index in [1.165, 1.54) is 87.3 Å². The van der Waals surface area contributed by atoms with Gasteiger partial charge < -0.3 is 24.8 Å². The maximum absolute atomic E-state index is 12.0. The Bertz CT molecular complexity index is 1510. The van der Waals surface area contributed by atoms with E-state index < -0.39 is 11.7 Å². The smallest absolute Gasteiger partial charge is 1.00 e. The summed E-state index contributed by atoms with van der Waals surface area (Å²) in [6, 6.07) is 20.2. The Labute approximate surface area is 316 Å². The van der Waals surface area contributed by atoms with E-state index in [1.54, 1.807) is 0 Å². The minimum absolute atomic E-state index is 0. The number of benzene rings is 3. The van der Waals surface area contributed by atoms with E-state index in [1.807, 2.05) is 3.71 Å². The summed E-state index contributed by atoms with van der Waals surface area (Å²) in [6.07, 6.45) is 5.09. The molecule has 1 unspecified atom stereocenters. The molecule has 0 aliphatic heterocycles. The van der Waals surface area contributed by atoms with Crippen molar-refractivity contribution in [2.45, 2.75) is 112 Å². The molecule has 260 valence electrons. The summed E-state index contributed by atoms with van der Waals surface area (Å²) in [6.45, 7) is 25.0. The molecule has 0 nitrogen and oxygen atoms in total. The summed E-state index contributed by atoms with van der Waals surface area (Å²) in [5.74, 6) is 0.573. The van der Waals surface area contributed by atoms with Crippen LogP contribution in [0, 0.1) is 23.5 Å². The normalized spacial score (nSPS) is 15.2. The molecule has 2 aliphatic carbocycles. The van der Waals surface area contributed by atoms with Crippen LogP contribution in [0.4, 0.5) is 13.2 Å². The van der Waals surface area contributed by atoms with Crippen molar-refractivity contribution < 1.29 is 62.2 Å². The molecule has 1 atom stereocenters. The first kappa shape index (κ1) is 44.3. The summed E-state index contributed by atoms with van der Waals surface area (Å²) in [4.78, 5) is 0. The zero-order chi connectivity index (χ0) is 34.7. The van der Waals surface area contributed by atoms with Gasteiger partial charge in [0.15, 0.2) is 0 Å². The van der Waals surface area contributed by atoms with Gasteiger partial charge in [-0.15, -0.1) is 5.56 Å². The second kappa shape index (κ2) is 17.5. The van der Waals surface area contributed by atoms with Crippen molar-refractivity contribution in [3.05, 3.63) is 117 Å². The number of alkyl halides is 3. The van der Waals surface area contributed by atoms with Crippen molar-refractivity contribution in [1.82, 2.24) is 0 Å². The molecule has 3 aromatic rings. The number of rotatable bonds is 3. The van der Waals surface area contributed by atoms with E-state index in [-0.39, 0.29) is 35.6 Å². The third kappa shape index (κ3) is 11.7. The van der Waals surface area contributed by atoms with Crippen LogP contribution in [-0.2, 0) is 47.7 Å². The summed E-state index contributed by atoms with van der Waals surface area (Å²) < 4.78 is 37.9. The Kier molecular flexibility index (Phi) is 16.1. The van der Waals surface area contributed by atoms with Crippen molar-refractivity contribution >= 4 is 3.71 Å². The van der Waals surface area contributed by atoms with Crippen molar-refractivity contribution in [3.63, 3.8) is 0 Å². The van der Waals surface area contributed by atoms with Gasteiger partial charge in [-0.2, -0.15) is 41.0 Å². The maximum Gasteiger partial charge on any atom is -1.00 e. The van der Waals surface area contributed by atoms with Crippen LogP contribution < -0.4 is 24.8 Å². The minimum atomic E-state index is -4.22. The van der Waals surface area contributed by atoms with E-state index in [4.69, 9.17) is 0 Å². The predicted molar refractivity (Wildman–Crippen MR) is 186 cm³/mol. The van der Waals surface area contributed by atoms with E-state index in [9.17, 15) is 13.2 Å². The molecule has 0 N–H and O–H groups in total. The Morgan fingerprint density at radius 1 is 0.750 bits per heavy atom. The molecule has 0 spiro atoms. The van der Waals surface area contributed by atoms with Crippen LogP contribution in [0.15, 0.2) is 71.8 Å². The fourth-order valence-electron chi connectivity index (χ4n) is 5.61. The van der Waals surface area contributed by atoms with Gasteiger partial charge in [-0.25, -0.2) is 5.57 Å². The van der Waals surface area contributed by atoms with Crippen LogP contribution in [0.1, 0.15) is 122 Å². The second-order valence-electron chi connectivity index (χ2n) is 15.4. The molecule has 5 rings (SSSR count). The molecule has 0 amide bonds. The van der Waals surface area contributed by atoms with Crippen molar-refractivity contribution in [1.29, 1.82) is 0 Å². The first-order valence-electron chi connectivity index (χ1n) is 16.4. The molecular weight excluding hydrogens is 724 g/mol. The molecule has 0 fully saturated rings. The average molecular weight is 775 g/mol. The van der Waals surface area contributed by atoms with Crippen LogP contribution in [-0.4, -0.2) is 3.71 Å². The molecule has 0 aromatic heterocycles. The molecule has 0 saturated carbocycles. The van der Waals surface area contributed by atoms with Crippen molar-refractivity contribution in [2.75, 3.05) is 0 Å². The summed E-state index contributed by atoms with van der Waals surface area (Å²) in [7, 11) is 0. The predicted octanol–water partition coefficient (Wildman–Crippen LogP) is 6.20. The molecule has 0 saturated heterocycles. The monoisotopic (exact) mass is 772 g/mol. The number of hydrogen-bond acceptors (Lipinski definition) is 0. The molecular formula is C42H51Cl2F3Zr-2. The molecule has 6 heteroatoms. The standard InChI is InChI=1S/C21H25.C13H21.C8H5F3.2ClH.Zr/c1-20(2,3)16-9-7-14-11-15-8-10-17(21(4,5)6)13-19(15)18(14)12-16;1-6-10-8-11(7-2)12(9-10)13(3,4)5;1-6-2-4-7(5-3-6)8(9,10)11;;;/h7,9-10,12-13H,11H2,1-6H3;9-10H,6-7H2,1-5H3;1-5H;2*1H;/q2*-1;;;;+2/p-2. The summed E-state index contributed by atoms with van der Waals surface area (Å²) in [5.41, 5.74) is 12.3. The number of halogens is 5. The van der Waals surface area contributed by atoms with Gasteiger partial charge in [-0.3, -0.25) is 6.08 Å². The second-order valence-corrected chi connectivity index (χ2v) is 16.1. The zero-order valence-electron chi connectivity index (χ0n) is 30.4. The maximum atomic E-state index is 12.0. The zero-order valence-corrected chi connectivity index (χ0v) is 34.4. The topological polar surface area (TPSA) is 0 Å². The largest absolute Gasteiger partial charge is 1.00 e. The van der Waals surface area contributed by atoms with Gasteiger partial charge in [0.1, 0.15) is 0 Å². The van der Waals surface area contributed by atoms with Crippen molar-refractivity contribution in [3.8, 4) is 11.1 Å². The molecule has 0 heterocycles. The van der Waals surface area contributed by atoms with Gasteiger partial charge in [-0.05, 0) is 17.4 Å². The quantitative estimate of drug-likeness (QED) is 0.218. The number of hydrogen-bond donors (Lipinski definition) is 0. The summed E-state index contributed by atoms with van der Waals surface area (Å²) in [5, 5.41) is 0. The third-order valence-corrected chi connectivity index (χ3v) is 9.40. The molecule has 0 bridgehead atoms. The fourth-order valence-corrected chi connectivity index (χ4v) is 6.09. The van der Waals surface area contributed by atoms with E-state index in [2.05, 4.69) is 125 Å². The third-order valence-electron chi connectivity index (χ3n) is 8.58.